The summed E-state index contributed by atoms with van der Waals surface area (Å²) < 4.78 is 8.38. The lowest BCUT2D eigenvalue weighted by Crippen LogP contribution is -2.32. The molecule has 1 aliphatic rings. The van der Waals surface area contributed by atoms with Crippen LogP contribution in [0.4, 0.5) is 0 Å². The minimum Gasteiger partial charge on any atom is -0.497 e. The number of aryl methyl sites for hydroxylation is 1. The molecule has 0 spiro atoms. The van der Waals surface area contributed by atoms with Gasteiger partial charge in [-0.05, 0) is 56.2 Å². The van der Waals surface area contributed by atoms with E-state index in [1.165, 1.54) is 16.5 Å². The van der Waals surface area contributed by atoms with Gasteiger partial charge in [0, 0.05) is 12.2 Å². The average molecular weight is 466 g/mol. The molecule has 0 N–H and O–H groups in total. The van der Waals surface area contributed by atoms with Gasteiger partial charge in [0.05, 0.1) is 29.1 Å². The van der Waals surface area contributed by atoms with Crippen LogP contribution < -0.4 is 4.74 Å². The number of amides is 1. The zero-order chi connectivity index (χ0) is 22.1. The fourth-order valence-corrected chi connectivity index (χ4v) is 6.03. The Bertz CT molecular complexity index is 1220. The molecule has 1 aliphatic heterocycles. The molecule has 164 valence electrons. The van der Waals surface area contributed by atoms with Crippen molar-refractivity contribution >= 4 is 39.2 Å². The van der Waals surface area contributed by atoms with Crippen LogP contribution in [0.25, 0.3) is 15.9 Å². The Hall–Kier alpha value is -2.91. The number of likely N-dealkylation sites (tertiary alicyclic amines) is 1. The summed E-state index contributed by atoms with van der Waals surface area (Å²) in [5.41, 5.74) is 1.95. The minimum absolute atomic E-state index is 0.0571. The largest absolute Gasteiger partial charge is 0.497 e. The van der Waals surface area contributed by atoms with Crippen molar-refractivity contribution in [2.24, 2.45) is 0 Å². The lowest BCUT2D eigenvalue weighted by Gasteiger charge is -2.23. The number of methoxy groups -OCH3 is 1. The molecule has 0 radical (unpaired) electrons. The van der Waals surface area contributed by atoms with Gasteiger partial charge in [0.25, 0.3) is 0 Å². The fraction of sp³-hybridized carbons (Fsp3) is 0.304. The summed E-state index contributed by atoms with van der Waals surface area (Å²) in [5, 5.41) is 10.3. The molecule has 1 atom stereocenters. The highest BCUT2D eigenvalue weighted by Crippen LogP contribution is 2.37. The molecule has 7 nitrogen and oxygen atoms in total. The van der Waals surface area contributed by atoms with E-state index in [2.05, 4.69) is 16.3 Å². The number of benzene rings is 2. The van der Waals surface area contributed by atoms with Crippen LogP contribution in [-0.4, -0.2) is 50.0 Å². The van der Waals surface area contributed by atoms with Crippen molar-refractivity contribution in [3.63, 3.8) is 0 Å². The quantitative estimate of drug-likeness (QED) is 0.386. The third-order valence-corrected chi connectivity index (χ3v) is 7.67. The SMILES string of the molecule is COc1ccc(-n2c(C)nnc2SCC(=O)N2CCC[C@@H]2c2nc3ccccc3s2)cc1. The molecular weight excluding hydrogens is 442 g/mol. The molecular formula is C23H23N5O2S2. The predicted molar refractivity (Wildman–Crippen MR) is 127 cm³/mol. The van der Waals surface area contributed by atoms with Crippen LogP contribution in [0.1, 0.15) is 29.7 Å². The molecule has 0 unspecified atom stereocenters. The molecule has 5 rings (SSSR count). The van der Waals surface area contributed by atoms with Crippen LogP contribution in [-0.2, 0) is 4.79 Å². The maximum Gasteiger partial charge on any atom is 0.233 e. The van der Waals surface area contributed by atoms with Crippen LogP contribution in [0.15, 0.2) is 53.7 Å². The number of thiazole rings is 1. The second-order valence-corrected chi connectivity index (χ2v) is 9.62. The fourth-order valence-electron chi connectivity index (χ4n) is 4.03. The molecule has 2 aromatic heterocycles. The first-order chi connectivity index (χ1) is 15.6. The number of ether oxygens (including phenoxy) is 1. The van der Waals surface area contributed by atoms with Crippen molar-refractivity contribution in [1.82, 2.24) is 24.6 Å². The summed E-state index contributed by atoms with van der Waals surface area (Å²) >= 11 is 3.11. The normalized spacial score (nSPS) is 16.1. The third-order valence-electron chi connectivity index (χ3n) is 5.62. The van der Waals surface area contributed by atoms with Gasteiger partial charge in [0.1, 0.15) is 16.6 Å². The first-order valence-electron chi connectivity index (χ1n) is 10.5. The lowest BCUT2D eigenvalue weighted by molar-refractivity contribution is -0.129. The smallest absolute Gasteiger partial charge is 0.233 e. The Balaban J connectivity index is 1.31. The number of carbonyl (C=O) groups is 1. The van der Waals surface area contributed by atoms with Crippen LogP contribution in [0.5, 0.6) is 5.75 Å². The van der Waals surface area contributed by atoms with E-state index in [1.54, 1.807) is 18.4 Å². The lowest BCUT2D eigenvalue weighted by atomic mass is 10.2. The van der Waals surface area contributed by atoms with Gasteiger partial charge >= 0.3 is 0 Å². The number of carbonyl (C=O) groups excluding carboxylic acids is 1. The summed E-state index contributed by atoms with van der Waals surface area (Å²) in [7, 11) is 1.64. The van der Waals surface area contributed by atoms with E-state index in [-0.39, 0.29) is 11.9 Å². The van der Waals surface area contributed by atoms with Crippen molar-refractivity contribution in [2.75, 3.05) is 19.4 Å². The van der Waals surface area contributed by atoms with Gasteiger partial charge < -0.3 is 9.64 Å². The number of rotatable bonds is 6. The summed E-state index contributed by atoms with van der Waals surface area (Å²) in [6.07, 6.45) is 1.95. The first-order valence-corrected chi connectivity index (χ1v) is 12.3. The summed E-state index contributed by atoms with van der Waals surface area (Å²) in [6.45, 7) is 2.68. The minimum atomic E-state index is 0.0571. The second-order valence-electron chi connectivity index (χ2n) is 7.62. The molecule has 0 aliphatic carbocycles. The average Bonchev–Trinajstić information content (AvgIpc) is 3.55. The van der Waals surface area contributed by atoms with Crippen LogP contribution in [0, 0.1) is 6.92 Å². The summed E-state index contributed by atoms with van der Waals surface area (Å²) in [6, 6.07) is 15.9. The Kier molecular flexibility index (Phi) is 5.84. The number of nitrogens with zero attached hydrogens (tertiary/aromatic N) is 5. The topological polar surface area (TPSA) is 73.1 Å². The van der Waals surface area contributed by atoms with Crippen molar-refractivity contribution in [3.8, 4) is 11.4 Å². The molecule has 4 aromatic rings. The van der Waals surface area contributed by atoms with E-state index in [4.69, 9.17) is 9.72 Å². The molecule has 0 bridgehead atoms. The Labute approximate surface area is 194 Å². The Morgan fingerprint density at radius 3 is 2.78 bits per heavy atom. The van der Waals surface area contributed by atoms with Crippen LogP contribution in [0.3, 0.4) is 0 Å². The maximum absolute atomic E-state index is 13.2. The van der Waals surface area contributed by atoms with E-state index in [9.17, 15) is 4.79 Å². The highest BCUT2D eigenvalue weighted by atomic mass is 32.2. The van der Waals surface area contributed by atoms with Gasteiger partial charge in [-0.1, -0.05) is 23.9 Å². The van der Waals surface area contributed by atoms with Gasteiger partial charge in [-0.2, -0.15) is 0 Å². The molecule has 32 heavy (non-hydrogen) atoms. The van der Waals surface area contributed by atoms with E-state index >= 15 is 0 Å². The zero-order valence-corrected chi connectivity index (χ0v) is 19.5. The monoisotopic (exact) mass is 465 g/mol. The maximum atomic E-state index is 13.2. The Morgan fingerprint density at radius 2 is 2.00 bits per heavy atom. The van der Waals surface area contributed by atoms with Gasteiger partial charge in [-0.3, -0.25) is 9.36 Å². The molecule has 0 saturated carbocycles. The molecule has 3 heterocycles. The number of thioether (sulfide) groups is 1. The van der Waals surface area contributed by atoms with Gasteiger partial charge in [0.2, 0.25) is 5.91 Å². The van der Waals surface area contributed by atoms with Gasteiger partial charge in [-0.15, -0.1) is 21.5 Å². The van der Waals surface area contributed by atoms with Crippen molar-refractivity contribution in [3.05, 3.63) is 59.4 Å². The van der Waals surface area contributed by atoms with E-state index in [0.717, 1.165) is 47.2 Å². The predicted octanol–water partition coefficient (Wildman–Crippen LogP) is 4.65. The molecule has 1 amide bonds. The van der Waals surface area contributed by atoms with Crippen LogP contribution in [0.2, 0.25) is 0 Å². The van der Waals surface area contributed by atoms with E-state index < -0.39 is 0 Å². The van der Waals surface area contributed by atoms with Crippen molar-refractivity contribution < 1.29 is 9.53 Å². The number of para-hydroxylation sites is 1. The van der Waals surface area contributed by atoms with Crippen molar-refractivity contribution in [1.29, 1.82) is 0 Å². The second kappa shape index (κ2) is 8.91. The molecule has 1 fully saturated rings. The van der Waals surface area contributed by atoms with E-state index in [0.29, 0.717) is 10.9 Å². The molecule has 1 saturated heterocycles. The summed E-state index contributed by atoms with van der Waals surface area (Å²) in [5.74, 6) is 1.99. The van der Waals surface area contributed by atoms with Gasteiger partial charge in [0.15, 0.2) is 5.16 Å². The highest BCUT2D eigenvalue weighted by Gasteiger charge is 2.32. The number of fused-ring (bicyclic) bond motifs is 1. The summed E-state index contributed by atoms with van der Waals surface area (Å²) in [4.78, 5) is 19.9. The van der Waals surface area contributed by atoms with Gasteiger partial charge in [-0.25, -0.2) is 4.98 Å². The van der Waals surface area contributed by atoms with Crippen LogP contribution >= 0.6 is 23.1 Å². The standard InChI is InChI=1S/C23H23N5O2S2/c1-15-25-26-23(28(15)16-9-11-17(30-2)12-10-16)31-14-21(29)27-13-5-7-19(27)22-24-18-6-3-4-8-20(18)32-22/h3-4,6,8-12,19H,5,7,13-14H2,1-2H3/t19-/m1/s1. The highest BCUT2D eigenvalue weighted by molar-refractivity contribution is 7.99. The Morgan fingerprint density at radius 1 is 1.19 bits per heavy atom. The number of aromatic nitrogens is 4. The first kappa shape index (κ1) is 21.0. The molecule has 9 heteroatoms. The number of hydrogen-bond donors (Lipinski definition) is 0. The number of hydrogen-bond acceptors (Lipinski definition) is 7. The molecule has 2 aromatic carbocycles. The zero-order valence-electron chi connectivity index (χ0n) is 17.9. The third kappa shape index (κ3) is 3.98. The van der Waals surface area contributed by atoms with Crippen molar-refractivity contribution in [2.45, 2.75) is 31.0 Å². The van der Waals surface area contributed by atoms with E-state index in [1.807, 2.05) is 58.9 Å².